The van der Waals surface area contributed by atoms with Gasteiger partial charge < -0.3 is 4.74 Å². The lowest BCUT2D eigenvalue weighted by molar-refractivity contribution is 0.325. The molecular formula is C17H18N2O3S. The predicted octanol–water partition coefficient (Wildman–Crippen LogP) is 3.28. The van der Waals surface area contributed by atoms with Gasteiger partial charge in [-0.1, -0.05) is 48.5 Å². The van der Waals surface area contributed by atoms with Crippen LogP contribution in [0.4, 0.5) is 0 Å². The first-order chi connectivity index (χ1) is 11.0. The van der Waals surface area contributed by atoms with Gasteiger partial charge in [-0.15, -0.1) is 4.40 Å². The Balaban J connectivity index is 2.51. The van der Waals surface area contributed by atoms with Crippen molar-refractivity contribution in [1.82, 2.24) is 0 Å². The number of nitrogens with zero attached hydrogens (tertiary/aromatic N) is 2. The molecule has 0 aliphatic carbocycles. The van der Waals surface area contributed by atoms with E-state index >= 15 is 0 Å². The number of hydrogen-bond donors (Lipinski definition) is 0. The Labute approximate surface area is 136 Å². The highest BCUT2D eigenvalue weighted by molar-refractivity contribution is 7.90. The minimum atomic E-state index is -3.84. The predicted molar refractivity (Wildman–Crippen MR) is 91.3 cm³/mol. The Morgan fingerprint density at radius 1 is 1.00 bits per heavy atom. The van der Waals surface area contributed by atoms with E-state index in [1.807, 2.05) is 13.0 Å². The fraction of sp³-hybridized carbons (Fsp3) is 0.176. The first-order valence-electron chi connectivity index (χ1n) is 7.16. The highest BCUT2D eigenvalue weighted by atomic mass is 32.2. The lowest BCUT2D eigenvalue weighted by Gasteiger charge is -2.06. The zero-order chi connectivity index (χ0) is 16.7. The summed E-state index contributed by atoms with van der Waals surface area (Å²) in [7, 11) is -3.84. The second-order valence-electron chi connectivity index (χ2n) is 4.63. The van der Waals surface area contributed by atoms with E-state index in [1.54, 1.807) is 49.4 Å². The fourth-order valence-electron chi connectivity index (χ4n) is 1.87. The number of ether oxygens (including phenoxy) is 1. The number of benzene rings is 2. The second kappa shape index (κ2) is 7.69. The molecule has 0 N–H and O–H groups in total. The summed E-state index contributed by atoms with van der Waals surface area (Å²) in [6.07, 6.45) is 0. The average Bonchev–Trinajstić information content (AvgIpc) is 2.56. The van der Waals surface area contributed by atoms with E-state index in [1.165, 1.54) is 12.1 Å². The van der Waals surface area contributed by atoms with Crippen LogP contribution in [0.3, 0.4) is 0 Å². The molecule has 120 valence electrons. The Kier molecular flexibility index (Phi) is 5.65. The van der Waals surface area contributed by atoms with E-state index in [0.29, 0.717) is 18.1 Å². The Bertz CT molecular complexity index is 798. The van der Waals surface area contributed by atoms with Crippen molar-refractivity contribution in [2.75, 3.05) is 6.61 Å². The number of hydrogen-bond acceptors (Lipinski definition) is 3. The monoisotopic (exact) mass is 330 g/mol. The summed E-state index contributed by atoms with van der Waals surface area (Å²) < 4.78 is 34.1. The Hall–Kier alpha value is -2.47. The van der Waals surface area contributed by atoms with Gasteiger partial charge in [0.1, 0.15) is 0 Å². The highest BCUT2D eigenvalue weighted by Gasteiger charge is 2.15. The first-order valence-corrected chi connectivity index (χ1v) is 8.60. The normalized spacial score (nSPS) is 13.0. The maximum absolute atomic E-state index is 12.5. The molecular weight excluding hydrogens is 312 g/mol. The Morgan fingerprint density at radius 2 is 1.57 bits per heavy atom. The van der Waals surface area contributed by atoms with Crippen molar-refractivity contribution in [2.24, 2.45) is 9.39 Å². The molecule has 23 heavy (non-hydrogen) atoms. The maximum Gasteiger partial charge on any atom is 0.284 e. The molecule has 0 aromatic heterocycles. The molecule has 0 bridgehead atoms. The fourth-order valence-corrected chi connectivity index (χ4v) is 2.85. The molecule has 2 rings (SSSR count). The third kappa shape index (κ3) is 4.75. The van der Waals surface area contributed by atoms with E-state index in [4.69, 9.17) is 4.74 Å². The van der Waals surface area contributed by atoms with Gasteiger partial charge in [0.2, 0.25) is 0 Å². The van der Waals surface area contributed by atoms with Crippen LogP contribution < -0.4 is 0 Å². The van der Waals surface area contributed by atoms with Crippen molar-refractivity contribution in [2.45, 2.75) is 18.7 Å². The number of aliphatic imine (C=N–C) groups is 1. The van der Waals surface area contributed by atoms with Gasteiger partial charge in [-0.25, -0.2) is 0 Å². The molecule has 0 atom stereocenters. The van der Waals surface area contributed by atoms with Crippen molar-refractivity contribution >= 4 is 21.8 Å². The van der Waals surface area contributed by atoms with Gasteiger partial charge in [0, 0.05) is 12.5 Å². The molecule has 0 heterocycles. The van der Waals surface area contributed by atoms with Crippen LogP contribution in [0.1, 0.15) is 19.4 Å². The lowest BCUT2D eigenvalue weighted by atomic mass is 10.2. The smallest absolute Gasteiger partial charge is 0.284 e. The van der Waals surface area contributed by atoms with Gasteiger partial charge in [-0.2, -0.15) is 13.4 Å². The number of sulfonamides is 1. The first kappa shape index (κ1) is 16.9. The van der Waals surface area contributed by atoms with E-state index < -0.39 is 10.0 Å². The molecule has 6 heteroatoms. The second-order valence-corrected chi connectivity index (χ2v) is 6.24. The van der Waals surface area contributed by atoms with Crippen LogP contribution in [0, 0.1) is 0 Å². The minimum absolute atomic E-state index is 0.0976. The minimum Gasteiger partial charge on any atom is -0.481 e. The van der Waals surface area contributed by atoms with Crippen LogP contribution in [-0.4, -0.2) is 26.8 Å². The van der Waals surface area contributed by atoms with Crippen molar-refractivity contribution in [3.8, 4) is 0 Å². The van der Waals surface area contributed by atoms with Crippen LogP contribution in [0.2, 0.25) is 0 Å². The lowest BCUT2D eigenvalue weighted by Crippen LogP contribution is -2.09. The number of amidine groups is 1. The maximum atomic E-state index is 12.5. The summed E-state index contributed by atoms with van der Waals surface area (Å²) in [5.74, 6) is 0.457. The zero-order valence-electron chi connectivity index (χ0n) is 13.0. The SMILES string of the molecule is CCOC(C)=NC(=NS(=O)(=O)c1ccccc1)c1ccccc1. The van der Waals surface area contributed by atoms with Gasteiger partial charge in [-0.05, 0) is 19.1 Å². The van der Waals surface area contributed by atoms with Gasteiger partial charge in [0.15, 0.2) is 11.7 Å². The summed E-state index contributed by atoms with van der Waals surface area (Å²) in [5, 5.41) is 0. The summed E-state index contributed by atoms with van der Waals surface area (Å²) in [6, 6.07) is 17.0. The Morgan fingerprint density at radius 3 is 2.13 bits per heavy atom. The highest BCUT2D eigenvalue weighted by Crippen LogP contribution is 2.14. The summed E-state index contributed by atoms with van der Waals surface area (Å²) in [4.78, 5) is 4.34. The van der Waals surface area contributed by atoms with E-state index in [9.17, 15) is 8.42 Å². The van der Waals surface area contributed by atoms with Crippen LogP contribution in [0.25, 0.3) is 0 Å². The van der Waals surface area contributed by atoms with Gasteiger partial charge in [-0.3, -0.25) is 0 Å². The van der Waals surface area contributed by atoms with Gasteiger partial charge >= 0.3 is 0 Å². The quantitative estimate of drug-likeness (QED) is 0.638. The molecule has 0 saturated heterocycles. The van der Waals surface area contributed by atoms with Crippen LogP contribution in [0.15, 0.2) is 74.9 Å². The summed E-state index contributed by atoms with van der Waals surface area (Å²) >= 11 is 0. The van der Waals surface area contributed by atoms with Crippen molar-refractivity contribution in [3.63, 3.8) is 0 Å². The average molecular weight is 330 g/mol. The van der Waals surface area contributed by atoms with Crippen LogP contribution in [0.5, 0.6) is 0 Å². The third-order valence-electron chi connectivity index (χ3n) is 2.90. The van der Waals surface area contributed by atoms with E-state index in [0.717, 1.165) is 0 Å². The molecule has 0 fully saturated rings. The van der Waals surface area contributed by atoms with Gasteiger partial charge in [0.05, 0.1) is 11.5 Å². The van der Waals surface area contributed by atoms with E-state index in [-0.39, 0.29) is 10.7 Å². The summed E-state index contributed by atoms with van der Waals surface area (Å²) in [6.45, 7) is 3.94. The van der Waals surface area contributed by atoms with Crippen LogP contribution >= 0.6 is 0 Å². The molecule has 0 saturated carbocycles. The molecule has 0 aliphatic heterocycles. The third-order valence-corrected chi connectivity index (χ3v) is 4.18. The van der Waals surface area contributed by atoms with E-state index in [2.05, 4.69) is 9.39 Å². The van der Waals surface area contributed by atoms with Crippen LogP contribution in [-0.2, 0) is 14.8 Å². The van der Waals surface area contributed by atoms with Crippen molar-refractivity contribution < 1.29 is 13.2 Å². The van der Waals surface area contributed by atoms with Crippen molar-refractivity contribution in [3.05, 3.63) is 66.2 Å². The summed E-state index contributed by atoms with van der Waals surface area (Å²) in [5.41, 5.74) is 0.603. The zero-order valence-corrected chi connectivity index (χ0v) is 13.8. The largest absolute Gasteiger partial charge is 0.481 e. The topological polar surface area (TPSA) is 68.1 Å². The molecule has 2 aromatic carbocycles. The molecule has 2 aromatic rings. The molecule has 0 spiro atoms. The standard InChI is InChI=1S/C17H18N2O3S/c1-3-22-14(2)18-17(15-10-6-4-7-11-15)19-23(20,21)16-12-8-5-9-13-16/h4-13H,3H2,1-2H3. The van der Waals surface area contributed by atoms with Crippen molar-refractivity contribution in [1.29, 1.82) is 0 Å². The molecule has 0 aliphatic rings. The van der Waals surface area contributed by atoms with Gasteiger partial charge in [0.25, 0.3) is 10.0 Å². The molecule has 0 amide bonds. The molecule has 0 unspecified atom stereocenters. The molecule has 5 nitrogen and oxygen atoms in total. The molecule has 0 radical (unpaired) electrons. The number of rotatable bonds is 4.